The van der Waals surface area contributed by atoms with Crippen molar-refractivity contribution in [2.24, 2.45) is 47.3 Å². The highest BCUT2D eigenvalue weighted by molar-refractivity contribution is 5.45. The average Bonchev–Trinajstić information content (AvgIpc) is 3.28. The number of hydrogen-bond acceptors (Lipinski definition) is 4. The van der Waals surface area contributed by atoms with Gasteiger partial charge in [0.1, 0.15) is 5.72 Å². The zero-order chi connectivity index (χ0) is 15.4. The number of aliphatic hydroxyl groups is 1. The van der Waals surface area contributed by atoms with E-state index < -0.39 is 5.72 Å². The van der Waals surface area contributed by atoms with Gasteiger partial charge in [0.05, 0.1) is 0 Å². The molecule has 5 saturated carbocycles. The van der Waals surface area contributed by atoms with Crippen LogP contribution in [0.3, 0.4) is 0 Å². The molecule has 10 atom stereocenters. The third kappa shape index (κ3) is 0.940. The minimum absolute atomic E-state index is 0.338. The predicted molar refractivity (Wildman–Crippen MR) is 84.2 cm³/mol. The molecule has 3 aliphatic heterocycles. The summed E-state index contributed by atoms with van der Waals surface area (Å²) in [7, 11) is 0. The Morgan fingerprint density at radius 3 is 2.92 bits per heavy atom. The van der Waals surface area contributed by atoms with Crippen molar-refractivity contribution in [1.29, 1.82) is 0 Å². The molecule has 5 aliphatic carbocycles. The molecular formula is C20H21NO3. The second-order valence-corrected chi connectivity index (χ2v) is 9.33. The highest BCUT2D eigenvalue weighted by Gasteiger charge is 2.93. The van der Waals surface area contributed by atoms with E-state index in [0.717, 1.165) is 60.0 Å². The Kier molecular flexibility index (Phi) is 1.70. The summed E-state index contributed by atoms with van der Waals surface area (Å²) in [5.74, 6) is 8.40. The van der Waals surface area contributed by atoms with Gasteiger partial charge in [0, 0.05) is 24.4 Å². The maximum atomic E-state index is 11.7. The SMILES string of the molecule is O[C@@]12[C@@H]3[C@@H]4[C@H]5C[C@H]6[C@@H]4[C@@H]3[C@H]([C@H]6[C@H]51)N2CCc1ccc2c(c1)OCO2. The first-order chi connectivity index (χ1) is 11.8. The van der Waals surface area contributed by atoms with E-state index >= 15 is 0 Å². The fourth-order valence-corrected chi connectivity index (χ4v) is 9.21. The van der Waals surface area contributed by atoms with E-state index in [-0.39, 0.29) is 0 Å². The standard InChI is InChI=1S/C20H21NO3/c22-20-17-10-6-9-13-14(10)18(20)16(13)19(15(9)17)21(20)4-3-8-1-2-11-12(5-8)24-7-23-11/h1-2,5,9-10,13-19,22H,3-4,6-7H2/t9-,10+,13-,14+,15+,16-,17-,18+,19-,20+/m0/s1. The number of benzene rings is 1. The minimum Gasteiger partial charge on any atom is -0.454 e. The minimum atomic E-state index is -0.437. The van der Waals surface area contributed by atoms with Crippen LogP contribution in [-0.4, -0.2) is 35.1 Å². The number of rotatable bonds is 3. The van der Waals surface area contributed by atoms with Gasteiger partial charge in [0.2, 0.25) is 6.79 Å². The molecule has 24 heavy (non-hydrogen) atoms. The van der Waals surface area contributed by atoms with Crippen LogP contribution in [0.4, 0.5) is 0 Å². The maximum Gasteiger partial charge on any atom is 0.231 e. The van der Waals surface area contributed by atoms with Crippen LogP contribution in [0.25, 0.3) is 0 Å². The van der Waals surface area contributed by atoms with Crippen molar-refractivity contribution in [3.8, 4) is 11.5 Å². The molecule has 124 valence electrons. The average molecular weight is 323 g/mol. The van der Waals surface area contributed by atoms with Gasteiger partial charge >= 0.3 is 0 Å². The normalized spacial score (nSPS) is 58.5. The summed E-state index contributed by atoms with van der Waals surface area (Å²) in [6.07, 6.45) is 2.45. The Balaban J connectivity index is 1.13. The van der Waals surface area contributed by atoms with Gasteiger partial charge in [0.25, 0.3) is 0 Å². The highest BCUT2D eigenvalue weighted by atomic mass is 16.7. The zero-order valence-corrected chi connectivity index (χ0v) is 13.5. The Hall–Kier alpha value is -1.26. The van der Waals surface area contributed by atoms with Crippen LogP contribution < -0.4 is 9.47 Å². The molecule has 0 amide bonds. The summed E-state index contributed by atoms with van der Waals surface area (Å²) in [6.45, 7) is 1.34. The van der Waals surface area contributed by atoms with E-state index in [4.69, 9.17) is 9.47 Å². The lowest BCUT2D eigenvalue weighted by Crippen LogP contribution is -2.51. The number of hydrogen-bond donors (Lipinski definition) is 1. The smallest absolute Gasteiger partial charge is 0.231 e. The zero-order valence-electron chi connectivity index (χ0n) is 13.5. The van der Waals surface area contributed by atoms with E-state index in [1.165, 1.54) is 12.0 Å². The largest absolute Gasteiger partial charge is 0.454 e. The van der Waals surface area contributed by atoms with Crippen LogP contribution in [-0.2, 0) is 6.42 Å². The summed E-state index contributed by atoms with van der Waals surface area (Å²) < 4.78 is 10.9. The summed E-state index contributed by atoms with van der Waals surface area (Å²) in [5, 5.41) is 11.7. The fourth-order valence-electron chi connectivity index (χ4n) is 9.21. The first kappa shape index (κ1) is 12.2. The van der Waals surface area contributed by atoms with Crippen LogP contribution >= 0.6 is 0 Å². The lowest BCUT2D eigenvalue weighted by molar-refractivity contribution is -0.130. The molecule has 8 aliphatic rings. The summed E-state index contributed by atoms with van der Waals surface area (Å²) in [6, 6.07) is 7.01. The van der Waals surface area contributed by atoms with Crippen LogP contribution in [0.1, 0.15) is 12.0 Å². The van der Waals surface area contributed by atoms with Crippen molar-refractivity contribution in [3.63, 3.8) is 0 Å². The lowest BCUT2D eigenvalue weighted by Gasteiger charge is -2.45. The topological polar surface area (TPSA) is 41.9 Å². The molecule has 0 spiro atoms. The van der Waals surface area contributed by atoms with Crippen LogP contribution in [0.5, 0.6) is 11.5 Å². The molecule has 9 rings (SSSR count). The van der Waals surface area contributed by atoms with Gasteiger partial charge in [-0.1, -0.05) is 6.07 Å². The summed E-state index contributed by atoms with van der Waals surface area (Å²) >= 11 is 0. The molecular weight excluding hydrogens is 302 g/mol. The van der Waals surface area contributed by atoms with E-state index in [1.54, 1.807) is 0 Å². The first-order valence-electron chi connectivity index (χ1n) is 9.66. The first-order valence-corrected chi connectivity index (χ1v) is 9.66. The molecule has 4 heteroatoms. The number of fused-ring (bicyclic) bond motifs is 1. The molecule has 1 N–H and O–H groups in total. The highest BCUT2D eigenvalue weighted by Crippen LogP contribution is 2.90. The third-order valence-electron chi connectivity index (χ3n) is 9.29. The number of nitrogens with zero attached hydrogens (tertiary/aromatic N) is 1. The van der Waals surface area contributed by atoms with E-state index in [1.807, 2.05) is 6.07 Å². The Morgan fingerprint density at radius 2 is 1.96 bits per heavy atom. The molecule has 4 bridgehead atoms. The second-order valence-electron chi connectivity index (χ2n) is 9.33. The maximum absolute atomic E-state index is 11.7. The molecule has 4 nitrogen and oxygen atoms in total. The summed E-state index contributed by atoms with van der Waals surface area (Å²) in [5.41, 5.74) is 0.860. The molecule has 2 saturated heterocycles. The molecule has 0 radical (unpaired) electrons. The van der Waals surface area contributed by atoms with E-state index in [2.05, 4.69) is 17.0 Å². The van der Waals surface area contributed by atoms with Crippen molar-refractivity contribution in [2.45, 2.75) is 24.6 Å². The second kappa shape index (κ2) is 3.36. The molecule has 0 unspecified atom stereocenters. The van der Waals surface area contributed by atoms with Crippen molar-refractivity contribution in [1.82, 2.24) is 4.90 Å². The third-order valence-corrected chi connectivity index (χ3v) is 9.29. The molecule has 3 heterocycles. The lowest BCUT2D eigenvalue weighted by atomic mass is 9.59. The monoisotopic (exact) mass is 323 g/mol. The van der Waals surface area contributed by atoms with Crippen molar-refractivity contribution < 1.29 is 14.6 Å². The quantitative estimate of drug-likeness (QED) is 0.920. The van der Waals surface area contributed by atoms with Crippen molar-refractivity contribution >= 4 is 0 Å². The Labute approximate surface area is 140 Å². The molecule has 0 aromatic heterocycles. The molecule has 7 fully saturated rings. The van der Waals surface area contributed by atoms with E-state index in [0.29, 0.717) is 24.7 Å². The van der Waals surface area contributed by atoms with E-state index in [9.17, 15) is 5.11 Å². The molecule has 1 aromatic rings. The van der Waals surface area contributed by atoms with Gasteiger partial charge in [-0.25, -0.2) is 0 Å². The number of ether oxygens (including phenoxy) is 2. The van der Waals surface area contributed by atoms with Gasteiger partial charge in [-0.2, -0.15) is 0 Å². The predicted octanol–water partition coefficient (Wildman–Crippen LogP) is 1.72. The summed E-state index contributed by atoms with van der Waals surface area (Å²) in [4.78, 5) is 2.56. The van der Waals surface area contributed by atoms with Crippen LogP contribution in [0, 0.1) is 47.3 Å². The van der Waals surface area contributed by atoms with Gasteiger partial charge in [0.15, 0.2) is 11.5 Å². The fraction of sp³-hybridized carbons (Fsp3) is 0.700. The van der Waals surface area contributed by atoms with Crippen molar-refractivity contribution in [3.05, 3.63) is 23.8 Å². The Bertz CT molecular complexity index is 810. The van der Waals surface area contributed by atoms with Crippen LogP contribution in [0.2, 0.25) is 0 Å². The van der Waals surface area contributed by atoms with Crippen LogP contribution in [0.15, 0.2) is 18.2 Å². The Morgan fingerprint density at radius 1 is 1.04 bits per heavy atom. The van der Waals surface area contributed by atoms with Gasteiger partial charge in [-0.15, -0.1) is 0 Å². The van der Waals surface area contributed by atoms with Crippen molar-refractivity contribution in [2.75, 3.05) is 13.3 Å². The van der Waals surface area contributed by atoms with Gasteiger partial charge in [-0.3, -0.25) is 4.90 Å². The van der Waals surface area contributed by atoms with Gasteiger partial charge in [-0.05, 0) is 66.0 Å². The molecule has 1 aromatic carbocycles. The van der Waals surface area contributed by atoms with Gasteiger partial charge < -0.3 is 14.6 Å².